The minimum Gasteiger partial charge on any atom is -0.354 e. The average molecular weight is 195 g/mol. The van der Waals surface area contributed by atoms with Crippen molar-refractivity contribution in [1.82, 2.24) is 10.1 Å². The Kier molecular flexibility index (Phi) is 4.09. The summed E-state index contributed by atoms with van der Waals surface area (Å²) in [6.07, 6.45) is 1.67. The molecule has 0 bridgehead atoms. The van der Waals surface area contributed by atoms with Gasteiger partial charge in [-0.3, -0.25) is 4.79 Å². The van der Waals surface area contributed by atoms with E-state index in [2.05, 4.69) is 5.32 Å². The van der Waals surface area contributed by atoms with Crippen molar-refractivity contribution in [3.8, 4) is 0 Å². The monoisotopic (exact) mass is 195 g/mol. The van der Waals surface area contributed by atoms with Gasteiger partial charge in [0.05, 0.1) is 6.04 Å². The Balaban J connectivity index is 2.33. The van der Waals surface area contributed by atoms with E-state index in [0.29, 0.717) is 25.9 Å². The van der Waals surface area contributed by atoms with Crippen LogP contribution < -0.4 is 11.1 Å². The van der Waals surface area contributed by atoms with E-state index in [1.807, 2.05) is 0 Å². The van der Waals surface area contributed by atoms with Crippen molar-refractivity contribution in [2.45, 2.75) is 24.9 Å². The second kappa shape index (κ2) is 5.12. The highest BCUT2D eigenvalue weighted by atomic mass is 16.2. The van der Waals surface area contributed by atoms with Crippen LogP contribution in [0, 0.1) is 0 Å². The van der Waals surface area contributed by atoms with Crippen LogP contribution in [0.1, 0.15) is 12.8 Å². The second-order valence-electron chi connectivity index (χ2n) is 3.45. The predicted octanol–water partition coefficient (Wildman–Crippen LogP) is -1.82. The van der Waals surface area contributed by atoms with Gasteiger partial charge < -0.3 is 20.7 Å². The van der Waals surface area contributed by atoms with E-state index in [4.69, 9.17) is 13.7 Å². The van der Waals surface area contributed by atoms with Crippen molar-refractivity contribution >= 4 is 20.2 Å². The molecule has 5 nitrogen and oxygen atoms in total. The summed E-state index contributed by atoms with van der Waals surface area (Å²) in [6, 6.07) is -0.390. The van der Waals surface area contributed by atoms with Crippen LogP contribution in [0.15, 0.2) is 0 Å². The SMILES string of the molecule is [B]N1CC(N)CC1C(=O)NCCC=O. The molecule has 1 aliphatic rings. The van der Waals surface area contributed by atoms with Crippen molar-refractivity contribution in [3.63, 3.8) is 0 Å². The molecule has 2 atom stereocenters. The van der Waals surface area contributed by atoms with Crippen molar-refractivity contribution in [1.29, 1.82) is 0 Å². The molecule has 1 heterocycles. The third kappa shape index (κ3) is 2.82. The summed E-state index contributed by atoms with van der Waals surface area (Å²) in [6.45, 7) is 0.897. The number of aldehydes is 1. The first-order chi connectivity index (χ1) is 6.65. The quantitative estimate of drug-likeness (QED) is 0.314. The molecule has 1 aliphatic heterocycles. The highest BCUT2D eigenvalue weighted by Crippen LogP contribution is 2.13. The fourth-order valence-electron chi connectivity index (χ4n) is 1.52. The Labute approximate surface area is 84.4 Å². The molecular formula is C8H14BN3O2. The standard InChI is InChI=1S/C8H14BN3O2/c9-12-5-6(10)4-7(12)8(14)11-2-1-3-13/h3,6-7H,1-2,4-5,10H2,(H,11,14). The van der Waals surface area contributed by atoms with Crippen LogP contribution in [0.4, 0.5) is 0 Å². The molecule has 1 rings (SSSR count). The summed E-state index contributed by atoms with van der Waals surface area (Å²) in [5, 5.41) is 2.63. The van der Waals surface area contributed by atoms with Gasteiger partial charge in [-0.25, -0.2) is 0 Å². The first kappa shape index (κ1) is 11.2. The third-order valence-corrected chi connectivity index (χ3v) is 2.24. The van der Waals surface area contributed by atoms with Gasteiger partial charge in [0, 0.05) is 25.6 Å². The minimum absolute atomic E-state index is 0.0400. The first-order valence-electron chi connectivity index (χ1n) is 4.63. The normalized spacial score (nSPS) is 27.5. The molecule has 6 heteroatoms. The molecule has 2 radical (unpaired) electrons. The van der Waals surface area contributed by atoms with E-state index < -0.39 is 0 Å². The first-order valence-corrected chi connectivity index (χ1v) is 4.63. The molecule has 2 unspecified atom stereocenters. The Morgan fingerprint density at radius 1 is 1.71 bits per heavy atom. The van der Waals surface area contributed by atoms with Crippen molar-refractivity contribution < 1.29 is 9.59 Å². The van der Waals surface area contributed by atoms with Crippen LogP contribution in [0.5, 0.6) is 0 Å². The van der Waals surface area contributed by atoms with Crippen LogP contribution in [0.25, 0.3) is 0 Å². The maximum Gasteiger partial charge on any atom is 0.236 e. The summed E-state index contributed by atoms with van der Waals surface area (Å²) in [5.74, 6) is -0.151. The lowest BCUT2D eigenvalue weighted by atomic mass is 10.1. The molecule has 76 valence electrons. The minimum atomic E-state index is -0.350. The van der Waals surface area contributed by atoms with Gasteiger partial charge in [0.25, 0.3) is 0 Å². The molecule has 1 fully saturated rings. The number of nitrogens with zero attached hydrogens (tertiary/aromatic N) is 1. The zero-order chi connectivity index (χ0) is 10.6. The Morgan fingerprint density at radius 3 is 2.93 bits per heavy atom. The van der Waals surface area contributed by atoms with Gasteiger partial charge in [0.1, 0.15) is 6.29 Å². The van der Waals surface area contributed by atoms with E-state index in [1.165, 1.54) is 4.81 Å². The summed E-state index contributed by atoms with van der Waals surface area (Å²) in [7, 11) is 5.60. The summed E-state index contributed by atoms with van der Waals surface area (Å²) in [5.41, 5.74) is 5.65. The Hall–Kier alpha value is -0.875. The summed E-state index contributed by atoms with van der Waals surface area (Å²) >= 11 is 0. The summed E-state index contributed by atoms with van der Waals surface area (Å²) < 4.78 is 0. The van der Waals surface area contributed by atoms with Crippen LogP contribution in [-0.2, 0) is 9.59 Å². The molecule has 0 aromatic carbocycles. The highest BCUT2D eigenvalue weighted by molar-refractivity contribution is 6.07. The molecule has 1 amide bonds. The van der Waals surface area contributed by atoms with Gasteiger partial charge in [-0.15, -0.1) is 0 Å². The molecule has 0 spiro atoms. The van der Waals surface area contributed by atoms with Crippen LogP contribution >= 0.6 is 0 Å². The zero-order valence-corrected chi connectivity index (χ0v) is 7.98. The fourth-order valence-corrected chi connectivity index (χ4v) is 1.52. The van der Waals surface area contributed by atoms with Gasteiger partial charge in [-0.05, 0) is 6.42 Å². The Bertz CT molecular complexity index is 225. The van der Waals surface area contributed by atoms with Gasteiger partial charge in [-0.1, -0.05) is 0 Å². The van der Waals surface area contributed by atoms with Crippen molar-refractivity contribution in [3.05, 3.63) is 0 Å². The molecule has 0 aromatic heterocycles. The molecule has 0 aromatic rings. The van der Waals surface area contributed by atoms with E-state index in [1.54, 1.807) is 0 Å². The van der Waals surface area contributed by atoms with Gasteiger partial charge in [0.15, 0.2) is 7.98 Å². The number of carbonyl (C=O) groups excluding carboxylic acids is 2. The van der Waals surface area contributed by atoms with E-state index in [-0.39, 0.29) is 18.0 Å². The van der Waals surface area contributed by atoms with Crippen LogP contribution in [-0.4, -0.2) is 50.2 Å². The fraction of sp³-hybridized carbons (Fsp3) is 0.750. The number of hydrogen-bond acceptors (Lipinski definition) is 4. The highest BCUT2D eigenvalue weighted by Gasteiger charge is 2.31. The molecule has 14 heavy (non-hydrogen) atoms. The maximum absolute atomic E-state index is 11.5. The lowest BCUT2D eigenvalue weighted by molar-refractivity contribution is -0.124. The number of nitrogens with one attached hydrogen (secondary N) is 1. The van der Waals surface area contributed by atoms with Crippen LogP contribution in [0.2, 0.25) is 0 Å². The predicted molar refractivity (Wildman–Crippen MR) is 52.5 cm³/mol. The van der Waals surface area contributed by atoms with E-state index in [0.717, 1.165) is 6.29 Å². The van der Waals surface area contributed by atoms with Crippen LogP contribution in [0.3, 0.4) is 0 Å². The number of amides is 1. The van der Waals surface area contributed by atoms with E-state index >= 15 is 0 Å². The topological polar surface area (TPSA) is 75.4 Å². The number of hydrogen-bond donors (Lipinski definition) is 2. The lowest BCUT2D eigenvalue weighted by Gasteiger charge is -2.18. The van der Waals surface area contributed by atoms with Gasteiger partial charge >= 0.3 is 0 Å². The lowest BCUT2D eigenvalue weighted by Crippen LogP contribution is -2.42. The number of rotatable bonds is 4. The smallest absolute Gasteiger partial charge is 0.236 e. The molecule has 3 N–H and O–H groups in total. The van der Waals surface area contributed by atoms with Crippen molar-refractivity contribution in [2.24, 2.45) is 5.73 Å². The zero-order valence-electron chi connectivity index (χ0n) is 7.98. The molecule has 1 saturated heterocycles. The van der Waals surface area contributed by atoms with Gasteiger partial charge in [-0.2, -0.15) is 0 Å². The second-order valence-corrected chi connectivity index (χ2v) is 3.45. The molecule has 0 saturated carbocycles. The van der Waals surface area contributed by atoms with E-state index in [9.17, 15) is 9.59 Å². The largest absolute Gasteiger partial charge is 0.354 e. The maximum atomic E-state index is 11.5. The number of nitrogens with two attached hydrogens (primary N) is 1. The number of carbonyl (C=O) groups is 2. The molecular weight excluding hydrogens is 181 g/mol. The summed E-state index contributed by atoms with van der Waals surface area (Å²) in [4.78, 5) is 22.9. The average Bonchev–Trinajstić information content (AvgIpc) is 2.45. The van der Waals surface area contributed by atoms with Gasteiger partial charge in [0.2, 0.25) is 5.91 Å². The third-order valence-electron chi connectivity index (χ3n) is 2.24. The molecule has 0 aliphatic carbocycles. The Morgan fingerprint density at radius 2 is 2.43 bits per heavy atom. The van der Waals surface area contributed by atoms with Crippen molar-refractivity contribution in [2.75, 3.05) is 13.1 Å².